The van der Waals surface area contributed by atoms with Crippen molar-refractivity contribution in [1.29, 1.82) is 0 Å². The molecule has 1 rings (SSSR count). The first-order chi connectivity index (χ1) is 5.86. The Morgan fingerprint density at radius 1 is 1.62 bits per heavy atom. The lowest BCUT2D eigenvalue weighted by Gasteiger charge is -1.96. The van der Waals surface area contributed by atoms with Crippen LogP contribution in [0, 0.1) is 0 Å². The summed E-state index contributed by atoms with van der Waals surface area (Å²) in [7, 11) is 0. The van der Waals surface area contributed by atoms with E-state index in [4.69, 9.17) is 4.74 Å². The predicted molar refractivity (Wildman–Crippen MR) is 47.5 cm³/mol. The maximum absolute atomic E-state index is 5.22. The summed E-state index contributed by atoms with van der Waals surface area (Å²) in [6.45, 7) is 8.10. The van der Waals surface area contributed by atoms with Gasteiger partial charge in [0.05, 0.1) is 12.8 Å². The monoisotopic (exact) mass is 246 g/mol. The first kappa shape index (κ1) is 12.4. The van der Waals surface area contributed by atoms with Crippen molar-refractivity contribution in [2.24, 2.45) is 0 Å². The molecule has 0 atom stereocenters. The zero-order valence-corrected chi connectivity index (χ0v) is 9.40. The summed E-state index contributed by atoms with van der Waals surface area (Å²) in [6.07, 6.45) is 7.70. The third kappa shape index (κ3) is 4.24. The molecule has 0 aromatic carbocycles. The lowest BCUT2D eigenvalue weighted by Crippen LogP contribution is -3.00. The first-order valence-corrected chi connectivity index (χ1v) is 4.13. The molecule has 1 aromatic heterocycles. The van der Waals surface area contributed by atoms with Crippen LogP contribution in [0.1, 0.15) is 6.92 Å². The van der Waals surface area contributed by atoms with Gasteiger partial charge in [-0.1, -0.05) is 6.58 Å². The van der Waals surface area contributed by atoms with Gasteiger partial charge in [-0.05, 0) is 6.92 Å². The fourth-order valence-corrected chi connectivity index (χ4v) is 0.965. The van der Waals surface area contributed by atoms with E-state index in [1.165, 1.54) is 0 Å². The van der Waals surface area contributed by atoms with E-state index in [0.29, 0.717) is 0 Å². The maximum Gasteiger partial charge on any atom is 0.248 e. The predicted octanol–water partition coefficient (Wildman–Crippen LogP) is -2.08. The molecule has 0 amide bonds. The van der Waals surface area contributed by atoms with Gasteiger partial charge in [-0.25, -0.2) is 9.13 Å². The third-order valence-corrected chi connectivity index (χ3v) is 1.62. The Balaban J connectivity index is 0.00000144. The second-order valence-corrected chi connectivity index (χ2v) is 2.48. The quantitative estimate of drug-likeness (QED) is 0.431. The van der Waals surface area contributed by atoms with Crippen molar-refractivity contribution in [2.45, 2.75) is 13.5 Å². The number of halogens is 1. The third-order valence-electron chi connectivity index (χ3n) is 1.62. The van der Waals surface area contributed by atoms with E-state index in [1.54, 1.807) is 6.20 Å². The highest BCUT2D eigenvalue weighted by Crippen LogP contribution is 1.85. The zero-order valence-electron chi connectivity index (χ0n) is 7.82. The molecule has 0 saturated heterocycles. The highest BCUT2D eigenvalue weighted by atomic mass is 79.9. The van der Waals surface area contributed by atoms with Crippen molar-refractivity contribution in [3.05, 3.63) is 25.3 Å². The second-order valence-electron chi connectivity index (χ2n) is 2.48. The molecule has 0 bridgehead atoms. The van der Waals surface area contributed by atoms with Gasteiger partial charge in [0.2, 0.25) is 6.33 Å². The number of hydrogen-bond donors (Lipinski definition) is 0. The molecule has 4 heteroatoms. The molecule has 0 aliphatic heterocycles. The van der Waals surface area contributed by atoms with Crippen LogP contribution in [0.4, 0.5) is 0 Å². The molecule has 0 fully saturated rings. The van der Waals surface area contributed by atoms with Crippen LogP contribution in [0.2, 0.25) is 0 Å². The summed E-state index contributed by atoms with van der Waals surface area (Å²) in [4.78, 5) is 0. The molecular weight excluding hydrogens is 232 g/mol. The van der Waals surface area contributed by atoms with Gasteiger partial charge in [0.15, 0.2) is 0 Å². The van der Waals surface area contributed by atoms with Gasteiger partial charge in [-0.2, -0.15) is 0 Å². The largest absolute Gasteiger partial charge is 1.00 e. The van der Waals surface area contributed by atoms with Crippen molar-refractivity contribution in [3.63, 3.8) is 0 Å². The Labute approximate surface area is 89.4 Å². The molecule has 13 heavy (non-hydrogen) atoms. The Morgan fingerprint density at radius 2 is 2.38 bits per heavy atom. The fraction of sp³-hybridized carbons (Fsp3) is 0.444. The number of hydrogen-bond acceptors (Lipinski definition) is 1. The van der Waals surface area contributed by atoms with Gasteiger partial charge >= 0.3 is 0 Å². The van der Waals surface area contributed by atoms with Crippen molar-refractivity contribution >= 4 is 6.20 Å². The van der Waals surface area contributed by atoms with Gasteiger partial charge in [0.1, 0.15) is 18.9 Å². The van der Waals surface area contributed by atoms with Crippen molar-refractivity contribution in [1.82, 2.24) is 4.57 Å². The van der Waals surface area contributed by atoms with E-state index in [9.17, 15) is 0 Å². The molecule has 74 valence electrons. The molecule has 0 radical (unpaired) electrons. The molecule has 0 aliphatic carbocycles. The molecule has 0 N–H and O–H groups in total. The van der Waals surface area contributed by atoms with Crippen LogP contribution in [0.25, 0.3) is 6.20 Å². The minimum Gasteiger partial charge on any atom is -1.00 e. The minimum absolute atomic E-state index is 0. The Bertz CT molecular complexity index is 248. The van der Waals surface area contributed by atoms with Crippen LogP contribution in [-0.2, 0) is 11.3 Å². The fourth-order valence-electron chi connectivity index (χ4n) is 0.965. The van der Waals surface area contributed by atoms with Crippen molar-refractivity contribution in [2.75, 3.05) is 13.2 Å². The SMILES string of the molecule is C=C[n+]1ccn(CCOCC)c1.[Br-]. The Morgan fingerprint density at radius 3 is 2.92 bits per heavy atom. The number of aromatic nitrogens is 2. The van der Waals surface area contributed by atoms with Crippen LogP contribution >= 0.6 is 0 Å². The highest BCUT2D eigenvalue weighted by molar-refractivity contribution is 4.94. The second kappa shape index (κ2) is 6.86. The number of rotatable bonds is 5. The lowest BCUT2D eigenvalue weighted by atomic mass is 10.6. The van der Waals surface area contributed by atoms with Gasteiger partial charge in [-0.3, -0.25) is 0 Å². The normalized spacial score (nSPS) is 9.31. The summed E-state index contributed by atoms with van der Waals surface area (Å²) in [5.41, 5.74) is 0. The standard InChI is InChI=1S/C9H15N2O.BrH/c1-3-10-5-6-11(9-10)7-8-12-4-2;/h3,5-6,9H,1,4,7-8H2,2H3;1H/q+1;/p-1. The van der Waals surface area contributed by atoms with E-state index in [-0.39, 0.29) is 17.0 Å². The van der Waals surface area contributed by atoms with Crippen molar-refractivity contribution in [3.8, 4) is 0 Å². The highest BCUT2D eigenvalue weighted by Gasteiger charge is 1.98. The van der Waals surface area contributed by atoms with Gasteiger partial charge in [0, 0.05) is 6.61 Å². The van der Waals surface area contributed by atoms with E-state index >= 15 is 0 Å². The molecule has 0 unspecified atom stereocenters. The van der Waals surface area contributed by atoms with Gasteiger partial charge in [0.25, 0.3) is 0 Å². The molecular formula is C9H15BrN2O. The molecule has 3 nitrogen and oxygen atoms in total. The molecule has 0 saturated carbocycles. The van der Waals surface area contributed by atoms with E-state index in [0.717, 1.165) is 19.8 Å². The van der Waals surface area contributed by atoms with E-state index in [1.807, 2.05) is 30.2 Å². The van der Waals surface area contributed by atoms with Crippen LogP contribution in [0.3, 0.4) is 0 Å². The summed E-state index contributed by atoms with van der Waals surface area (Å²) in [5.74, 6) is 0. The summed E-state index contributed by atoms with van der Waals surface area (Å²) >= 11 is 0. The lowest BCUT2D eigenvalue weighted by molar-refractivity contribution is -0.567. The Kier molecular flexibility index (Phi) is 6.54. The number of ether oxygens (including phenoxy) is 1. The first-order valence-electron chi connectivity index (χ1n) is 4.13. The average Bonchev–Trinajstić information content (AvgIpc) is 2.53. The molecule has 0 spiro atoms. The average molecular weight is 247 g/mol. The van der Waals surface area contributed by atoms with Crippen LogP contribution < -0.4 is 21.5 Å². The smallest absolute Gasteiger partial charge is 0.248 e. The topological polar surface area (TPSA) is 18.0 Å². The van der Waals surface area contributed by atoms with Crippen LogP contribution in [0.15, 0.2) is 25.3 Å². The van der Waals surface area contributed by atoms with Gasteiger partial charge in [-0.15, -0.1) is 0 Å². The van der Waals surface area contributed by atoms with Gasteiger partial charge < -0.3 is 21.7 Å². The molecule has 0 aliphatic rings. The van der Waals surface area contributed by atoms with Crippen LogP contribution in [-0.4, -0.2) is 17.8 Å². The number of nitrogens with zero attached hydrogens (tertiary/aromatic N) is 2. The molecule has 1 aromatic rings. The minimum atomic E-state index is 0. The van der Waals surface area contributed by atoms with E-state index < -0.39 is 0 Å². The van der Waals surface area contributed by atoms with Crippen molar-refractivity contribution < 1.29 is 26.3 Å². The Hall–Kier alpha value is -0.610. The maximum atomic E-state index is 5.22. The summed E-state index contributed by atoms with van der Waals surface area (Å²) in [5, 5.41) is 0. The summed E-state index contributed by atoms with van der Waals surface area (Å²) < 4.78 is 9.20. The number of imidazole rings is 1. The zero-order chi connectivity index (χ0) is 8.81. The molecule has 1 heterocycles. The summed E-state index contributed by atoms with van der Waals surface area (Å²) in [6, 6.07) is 0. The van der Waals surface area contributed by atoms with Crippen LogP contribution in [0.5, 0.6) is 0 Å². The van der Waals surface area contributed by atoms with E-state index in [2.05, 4.69) is 11.1 Å².